The van der Waals surface area contributed by atoms with Crippen LogP contribution in [-0.4, -0.2) is 38.6 Å². The number of fused-ring (bicyclic) bond motifs is 1. The maximum Gasteiger partial charge on any atom is 0.345 e. The molecule has 0 saturated carbocycles. The number of carbonyl (C=O) groups is 1. The van der Waals surface area contributed by atoms with Gasteiger partial charge in [-0.15, -0.1) is 5.54 Å². The number of methoxy groups -OCH3 is 1. The molecule has 1 heterocycles. The highest BCUT2D eigenvalue weighted by Crippen LogP contribution is 2.44. The lowest BCUT2D eigenvalue weighted by molar-refractivity contribution is -0.179. The summed E-state index contributed by atoms with van der Waals surface area (Å²) < 4.78 is 17.2. The fourth-order valence-electron chi connectivity index (χ4n) is 4.75. The van der Waals surface area contributed by atoms with Crippen LogP contribution in [0.2, 0.25) is 16.6 Å². The zero-order valence-electron chi connectivity index (χ0n) is 18.2. The summed E-state index contributed by atoms with van der Waals surface area (Å²) in [5.74, 6) is 2.08. The minimum atomic E-state index is -1.89. The summed E-state index contributed by atoms with van der Waals surface area (Å²) in [7, 11) is -0.520. The molecule has 1 saturated heterocycles. The van der Waals surface area contributed by atoms with Crippen LogP contribution in [0.4, 0.5) is 0 Å². The highest BCUT2D eigenvalue weighted by atomic mass is 28.3. The summed E-state index contributed by atoms with van der Waals surface area (Å²) in [4.78, 5) is 12.6. The molecule has 4 nitrogen and oxygen atoms in total. The van der Waals surface area contributed by atoms with E-state index in [0.717, 1.165) is 5.57 Å². The van der Waals surface area contributed by atoms with E-state index in [-0.39, 0.29) is 0 Å². The zero-order chi connectivity index (χ0) is 20.6. The van der Waals surface area contributed by atoms with Crippen molar-refractivity contribution in [2.24, 2.45) is 0 Å². The first-order valence-electron chi connectivity index (χ1n) is 9.82. The summed E-state index contributed by atoms with van der Waals surface area (Å²) in [6.07, 6.45) is 4.90. The second kappa shape index (κ2) is 7.58. The van der Waals surface area contributed by atoms with Gasteiger partial charge in [0.2, 0.25) is 5.60 Å². The molecule has 2 rings (SSSR count). The Bertz CT molecular complexity index is 684. The Morgan fingerprint density at radius 3 is 2.19 bits per heavy atom. The van der Waals surface area contributed by atoms with Crippen LogP contribution in [0.15, 0.2) is 23.8 Å². The standard InChI is InChI=1S/C22H34O4Si/c1-15(2)27(16(3)4,17(5)6)14-12-18-11-10-13-22(20(23)24-9)19(18)25-21(7,8)26-22/h10-11,13,15-17,19H,1-9H3/t19-,22+/m1/s1. The first-order valence-corrected chi connectivity index (χ1v) is 12.0. The number of esters is 1. The summed E-state index contributed by atoms with van der Waals surface area (Å²) in [6, 6.07) is 0. The minimum Gasteiger partial charge on any atom is -0.467 e. The van der Waals surface area contributed by atoms with E-state index in [2.05, 4.69) is 53.0 Å². The molecule has 27 heavy (non-hydrogen) atoms. The van der Waals surface area contributed by atoms with Crippen molar-refractivity contribution in [1.82, 2.24) is 0 Å². The van der Waals surface area contributed by atoms with E-state index in [1.54, 1.807) is 6.08 Å². The van der Waals surface area contributed by atoms with Gasteiger partial charge >= 0.3 is 5.97 Å². The van der Waals surface area contributed by atoms with Crippen molar-refractivity contribution in [2.75, 3.05) is 7.11 Å². The molecule has 0 aromatic carbocycles. The number of allylic oxidation sites excluding steroid dienone is 2. The van der Waals surface area contributed by atoms with Crippen LogP contribution in [0.3, 0.4) is 0 Å². The van der Waals surface area contributed by atoms with Gasteiger partial charge in [-0.05, 0) is 42.6 Å². The molecular formula is C22H34O4Si. The van der Waals surface area contributed by atoms with Gasteiger partial charge in [0.05, 0.1) is 7.11 Å². The van der Waals surface area contributed by atoms with E-state index >= 15 is 0 Å². The normalized spacial score (nSPS) is 26.7. The topological polar surface area (TPSA) is 44.8 Å². The number of ether oxygens (including phenoxy) is 3. The van der Waals surface area contributed by atoms with Gasteiger partial charge in [-0.25, -0.2) is 4.79 Å². The molecule has 2 atom stereocenters. The van der Waals surface area contributed by atoms with Gasteiger partial charge in [0.25, 0.3) is 0 Å². The van der Waals surface area contributed by atoms with Crippen LogP contribution >= 0.6 is 0 Å². The van der Waals surface area contributed by atoms with Crippen molar-refractivity contribution >= 4 is 14.0 Å². The molecule has 5 heteroatoms. The number of hydrogen-bond acceptors (Lipinski definition) is 4. The molecule has 0 N–H and O–H groups in total. The first kappa shape index (κ1) is 21.9. The SMILES string of the molecule is COC(=O)[C@]12C=CC=C(C#C[Si](C(C)C)(C(C)C)C(C)C)[C@H]1OC(C)(C)O2. The monoisotopic (exact) mass is 390 g/mol. The predicted molar refractivity (Wildman–Crippen MR) is 111 cm³/mol. The fourth-order valence-corrected chi connectivity index (χ4v) is 9.98. The summed E-state index contributed by atoms with van der Waals surface area (Å²) >= 11 is 0. The third-order valence-corrected chi connectivity index (χ3v) is 12.2. The predicted octanol–water partition coefficient (Wildman–Crippen LogP) is 4.77. The van der Waals surface area contributed by atoms with E-state index in [1.807, 2.05) is 26.0 Å². The van der Waals surface area contributed by atoms with E-state index in [4.69, 9.17) is 14.2 Å². The Hall–Kier alpha value is -1.35. The molecule has 0 aromatic heterocycles. The Labute approximate surface area is 165 Å². The highest BCUT2D eigenvalue weighted by molar-refractivity contribution is 6.90. The quantitative estimate of drug-likeness (QED) is 0.394. The Balaban J connectivity index is 2.52. The highest BCUT2D eigenvalue weighted by Gasteiger charge is 2.59. The molecule has 0 radical (unpaired) electrons. The molecule has 0 spiro atoms. The lowest BCUT2D eigenvalue weighted by Crippen LogP contribution is -2.49. The Morgan fingerprint density at radius 1 is 1.15 bits per heavy atom. The second-order valence-electron chi connectivity index (χ2n) is 8.91. The van der Waals surface area contributed by atoms with Crippen molar-refractivity contribution in [2.45, 2.75) is 89.5 Å². The van der Waals surface area contributed by atoms with Crippen LogP contribution in [-0.2, 0) is 19.0 Å². The molecule has 0 unspecified atom stereocenters. The van der Waals surface area contributed by atoms with Gasteiger partial charge in [-0.3, -0.25) is 0 Å². The van der Waals surface area contributed by atoms with E-state index < -0.39 is 31.5 Å². The van der Waals surface area contributed by atoms with Crippen molar-refractivity contribution in [3.63, 3.8) is 0 Å². The van der Waals surface area contributed by atoms with E-state index in [0.29, 0.717) is 16.6 Å². The lowest BCUT2D eigenvalue weighted by Gasteiger charge is -2.38. The van der Waals surface area contributed by atoms with Crippen LogP contribution in [0.25, 0.3) is 0 Å². The number of rotatable bonds is 4. The van der Waals surface area contributed by atoms with Crippen molar-refractivity contribution < 1.29 is 19.0 Å². The molecule has 0 amide bonds. The molecule has 1 fully saturated rings. The fraction of sp³-hybridized carbons (Fsp3) is 0.682. The smallest absolute Gasteiger partial charge is 0.345 e. The zero-order valence-corrected chi connectivity index (χ0v) is 19.2. The molecule has 1 aliphatic carbocycles. The average molecular weight is 391 g/mol. The van der Waals surface area contributed by atoms with Gasteiger partial charge in [-0.2, -0.15) is 0 Å². The van der Waals surface area contributed by atoms with Gasteiger partial charge in [0.15, 0.2) is 5.79 Å². The van der Waals surface area contributed by atoms with Crippen LogP contribution in [0.1, 0.15) is 55.4 Å². The molecular weight excluding hydrogens is 356 g/mol. The maximum atomic E-state index is 12.6. The molecule has 1 aliphatic heterocycles. The lowest BCUT2D eigenvalue weighted by atomic mass is 9.87. The first-order chi connectivity index (χ1) is 12.4. The third-order valence-electron chi connectivity index (χ3n) is 5.90. The van der Waals surface area contributed by atoms with E-state index in [1.165, 1.54) is 7.11 Å². The van der Waals surface area contributed by atoms with Crippen molar-refractivity contribution in [3.05, 3.63) is 23.8 Å². The van der Waals surface area contributed by atoms with Gasteiger partial charge in [-0.1, -0.05) is 53.5 Å². The van der Waals surface area contributed by atoms with Crippen molar-refractivity contribution in [1.29, 1.82) is 0 Å². The summed E-state index contributed by atoms with van der Waals surface area (Å²) in [6.45, 7) is 17.3. The number of hydrogen-bond donors (Lipinski definition) is 0. The minimum absolute atomic E-state index is 0.457. The maximum absolute atomic E-state index is 12.6. The molecule has 0 aromatic rings. The van der Waals surface area contributed by atoms with Gasteiger partial charge < -0.3 is 14.2 Å². The summed E-state index contributed by atoms with van der Waals surface area (Å²) in [5, 5.41) is 0. The van der Waals surface area contributed by atoms with Gasteiger partial charge in [0, 0.05) is 5.57 Å². The second-order valence-corrected chi connectivity index (χ2v) is 14.5. The Kier molecular flexibility index (Phi) is 6.16. The third kappa shape index (κ3) is 3.68. The van der Waals surface area contributed by atoms with E-state index in [9.17, 15) is 4.79 Å². The van der Waals surface area contributed by atoms with Gasteiger partial charge in [0.1, 0.15) is 14.2 Å². The molecule has 2 aliphatic rings. The van der Waals surface area contributed by atoms with Crippen LogP contribution in [0, 0.1) is 11.5 Å². The Morgan fingerprint density at radius 2 is 1.70 bits per heavy atom. The van der Waals surface area contributed by atoms with Crippen LogP contribution < -0.4 is 0 Å². The molecule has 150 valence electrons. The average Bonchev–Trinajstić information content (AvgIpc) is 2.85. The van der Waals surface area contributed by atoms with Crippen LogP contribution in [0.5, 0.6) is 0 Å². The van der Waals surface area contributed by atoms with Crippen molar-refractivity contribution in [3.8, 4) is 11.5 Å². The number of carbonyl (C=O) groups excluding carboxylic acids is 1. The largest absolute Gasteiger partial charge is 0.467 e. The summed E-state index contributed by atoms with van der Waals surface area (Å²) in [5.41, 5.74) is 4.83. The molecule has 0 bridgehead atoms.